The van der Waals surface area contributed by atoms with Crippen molar-refractivity contribution in [3.8, 4) is 0 Å². The average molecular weight is 735 g/mol. The molecule has 2 rings (SSSR count). The van der Waals surface area contributed by atoms with Gasteiger partial charge >= 0.3 is 19.8 Å². The second-order valence-corrected chi connectivity index (χ2v) is 15.0. The maximum Gasteiger partial charge on any atom is 0.469 e. The Labute approximate surface area is 293 Å². The Bertz CT molecular complexity index is 1200. The van der Waals surface area contributed by atoms with E-state index in [9.17, 15) is 14.2 Å². The SMILES string of the molecule is CSCCCn1cc(CCCCCCCC(=O)OCC(COP(=O)(O)O)OC(=O)CCCCCCCc2cn(CCCSC)nn2)nn1. The lowest BCUT2D eigenvalue weighted by molar-refractivity contribution is -0.161. The Kier molecular flexibility index (Phi) is 22.8. The zero-order valence-corrected chi connectivity index (χ0v) is 31.1. The second-order valence-electron chi connectivity index (χ2n) is 11.8. The number of carbonyl (C=O) groups is 2. The molecule has 0 fully saturated rings. The molecular weight excluding hydrogens is 679 g/mol. The van der Waals surface area contributed by atoms with Crippen LogP contribution in [0.3, 0.4) is 0 Å². The summed E-state index contributed by atoms with van der Waals surface area (Å²) in [4.78, 5) is 42.8. The van der Waals surface area contributed by atoms with Crippen LogP contribution in [0.4, 0.5) is 0 Å². The molecule has 0 aliphatic heterocycles. The lowest BCUT2D eigenvalue weighted by Crippen LogP contribution is -2.29. The Morgan fingerprint density at radius 1 is 0.729 bits per heavy atom. The minimum atomic E-state index is -4.78. The number of hydrogen-bond acceptors (Lipinski definition) is 12. The van der Waals surface area contributed by atoms with Crippen LogP contribution >= 0.6 is 31.3 Å². The molecular formula is C31H55N6O8PS2. The third kappa shape index (κ3) is 21.9. The molecule has 0 radical (unpaired) electrons. The fraction of sp³-hybridized carbons (Fsp3) is 0.806. The van der Waals surface area contributed by atoms with Crippen molar-refractivity contribution in [2.75, 3.05) is 37.2 Å². The van der Waals surface area contributed by atoms with Gasteiger partial charge in [0, 0.05) is 38.3 Å². The number of esters is 2. The molecule has 0 aliphatic rings. The quantitative estimate of drug-likeness (QED) is 0.0591. The molecule has 2 heterocycles. The number of phosphoric acid groups is 1. The van der Waals surface area contributed by atoms with Gasteiger partial charge in [0.2, 0.25) is 0 Å². The number of carbonyl (C=O) groups excluding carboxylic acids is 2. The minimum Gasteiger partial charge on any atom is -0.462 e. The summed E-state index contributed by atoms with van der Waals surface area (Å²) in [5.74, 6) is 1.23. The van der Waals surface area contributed by atoms with Crippen molar-refractivity contribution < 1.29 is 37.9 Å². The molecule has 14 nitrogen and oxygen atoms in total. The van der Waals surface area contributed by atoms with Gasteiger partial charge in [0.05, 0.1) is 18.0 Å². The van der Waals surface area contributed by atoms with E-state index in [1.165, 1.54) is 0 Å². The van der Waals surface area contributed by atoms with Gasteiger partial charge in [-0.3, -0.25) is 23.5 Å². The Balaban J connectivity index is 1.54. The number of thioether (sulfide) groups is 2. The predicted octanol–water partition coefficient (Wildman–Crippen LogP) is 5.41. The summed E-state index contributed by atoms with van der Waals surface area (Å²) >= 11 is 3.65. The molecule has 48 heavy (non-hydrogen) atoms. The fourth-order valence-corrected chi connectivity index (χ4v) is 6.07. The first-order valence-electron chi connectivity index (χ1n) is 17.0. The predicted molar refractivity (Wildman–Crippen MR) is 188 cm³/mol. The zero-order valence-electron chi connectivity index (χ0n) is 28.6. The highest BCUT2D eigenvalue weighted by atomic mass is 32.2. The Morgan fingerprint density at radius 2 is 1.21 bits per heavy atom. The lowest BCUT2D eigenvalue weighted by Gasteiger charge is -2.18. The molecule has 17 heteroatoms. The van der Waals surface area contributed by atoms with E-state index in [2.05, 4.69) is 37.7 Å². The van der Waals surface area contributed by atoms with Crippen LogP contribution in [0.25, 0.3) is 0 Å². The molecule has 0 saturated heterocycles. The van der Waals surface area contributed by atoms with Gasteiger partial charge in [0.1, 0.15) is 6.61 Å². The molecule has 2 aromatic heterocycles. The first kappa shape index (κ1) is 42.2. The minimum absolute atomic E-state index is 0.154. The van der Waals surface area contributed by atoms with Crippen molar-refractivity contribution >= 4 is 43.3 Å². The van der Waals surface area contributed by atoms with Crippen molar-refractivity contribution in [3.05, 3.63) is 23.8 Å². The van der Waals surface area contributed by atoms with Crippen molar-refractivity contribution in [2.45, 2.75) is 122 Å². The molecule has 0 saturated carbocycles. The normalized spacial score (nSPS) is 12.3. The van der Waals surface area contributed by atoms with Gasteiger partial charge in [-0.2, -0.15) is 23.5 Å². The molecule has 0 amide bonds. The highest BCUT2D eigenvalue weighted by molar-refractivity contribution is 7.98. The third-order valence-corrected chi connectivity index (χ3v) is 9.31. The summed E-state index contributed by atoms with van der Waals surface area (Å²) < 4.78 is 30.1. The Hall–Kier alpha value is -1.97. The summed E-state index contributed by atoms with van der Waals surface area (Å²) in [6.45, 7) is 0.866. The van der Waals surface area contributed by atoms with Gasteiger partial charge in [-0.05, 0) is 75.4 Å². The molecule has 0 aromatic carbocycles. The number of hydrogen-bond donors (Lipinski definition) is 2. The molecule has 2 aromatic rings. The summed E-state index contributed by atoms with van der Waals surface area (Å²) in [6.07, 6.45) is 20.3. The average Bonchev–Trinajstić information content (AvgIpc) is 3.70. The molecule has 274 valence electrons. The van der Waals surface area contributed by atoms with Gasteiger partial charge in [-0.15, -0.1) is 10.2 Å². The second kappa shape index (κ2) is 25.9. The summed E-state index contributed by atoms with van der Waals surface area (Å²) in [5.41, 5.74) is 2.00. The molecule has 0 aliphatic carbocycles. The lowest BCUT2D eigenvalue weighted by atomic mass is 10.1. The third-order valence-electron chi connectivity index (χ3n) is 7.43. The van der Waals surface area contributed by atoms with Crippen LogP contribution in [0.2, 0.25) is 0 Å². The first-order valence-corrected chi connectivity index (χ1v) is 21.3. The molecule has 1 unspecified atom stereocenters. The van der Waals surface area contributed by atoms with Gasteiger partial charge in [0.25, 0.3) is 0 Å². The van der Waals surface area contributed by atoms with Crippen molar-refractivity contribution in [1.29, 1.82) is 0 Å². The van der Waals surface area contributed by atoms with E-state index >= 15 is 0 Å². The summed E-state index contributed by atoms with van der Waals surface area (Å²) in [6, 6.07) is 0. The van der Waals surface area contributed by atoms with E-state index in [4.69, 9.17) is 19.3 Å². The molecule has 0 spiro atoms. The van der Waals surface area contributed by atoms with Crippen molar-refractivity contribution in [3.63, 3.8) is 0 Å². The van der Waals surface area contributed by atoms with Gasteiger partial charge in [-0.1, -0.05) is 49.0 Å². The highest BCUT2D eigenvalue weighted by Gasteiger charge is 2.23. The maximum atomic E-state index is 12.4. The fourth-order valence-electron chi connectivity index (χ4n) is 4.88. The van der Waals surface area contributed by atoms with Crippen LogP contribution in [0, 0.1) is 0 Å². The van der Waals surface area contributed by atoms with Crippen LogP contribution < -0.4 is 0 Å². The summed E-state index contributed by atoms with van der Waals surface area (Å²) in [7, 11) is -4.78. The highest BCUT2D eigenvalue weighted by Crippen LogP contribution is 2.36. The van der Waals surface area contributed by atoms with E-state index < -0.39 is 32.5 Å². The number of ether oxygens (including phenoxy) is 2. The monoisotopic (exact) mass is 734 g/mol. The molecule has 0 bridgehead atoms. The van der Waals surface area contributed by atoms with Gasteiger partial charge in [0.15, 0.2) is 6.10 Å². The van der Waals surface area contributed by atoms with Crippen LogP contribution in [0.15, 0.2) is 12.4 Å². The van der Waals surface area contributed by atoms with Crippen LogP contribution in [0.5, 0.6) is 0 Å². The number of rotatable bonds is 30. The van der Waals surface area contributed by atoms with E-state index in [0.29, 0.717) is 12.8 Å². The number of aryl methyl sites for hydroxylation is 4. The first-order chi connectivity index (χ1) is 23.2. The number of phosphoric ester groups is 1. The zero-order chi connectivity index (χ0) is 34.9. The van der Waals surface area contributed by atoms with E-state index in [-0.39, 0.29) is 19.4 Å². The van der Waals surface area contributed by atoms with Gasteiger partial charge in [-0.25, -0.2) is 4.57 Å². The van der Waals surface area contributed by atoms with E-state index in [1.54, 1.807) is 0 Å². The maximum absolute atomic E-state index is 12.4. The van der Waals surface area contributed by atoms with E-state index in [1.807, 2.05) is 45.3 Å². The van der Waals surface area contributed by atoms with E-state index in [0.717, 1.165) is 113 Å². The number of aromatic nitrogens is 6. The summed E-state index contributed by atoms with van der Waals surface area (Å²) in [5, 5.41) is 16.8. The van der Waals surface area contributed by atoms with Crippen LogP contribution in [-0.4, -0.2) is 95.0 Å². The standard InChI is InChI=1S/C31H55N6O8PS2/c1-47-21-13-19-36-23-27(32-34-36)15-9-5-3-7-11-17-30(38)43-25-29(26-44-46(40,41)42)45-31(39)18-12-8-4-6-10-16-28-24-37(35-33-28)20-14-22-48-2/h23-24,29H,3-22,25-26H2,1-2H3,(H2,40,41,42). The van der Waals surface area contributed by atoms with Crippen molar-refractivity contribution in [2.24, 2.45) is 0 Å². The number of nitrogens with zero attached hydrogens (tertiary/aromatic N) is 6. The molecule has 1 atom stereocenters. The van der Waals surface area contributed by atoms with Gasteiger partial charge < -0.3 is 19.3 Å². The van der Waals surface area contributed by atoms with Crippen molar-refractivity contribution in [1.82, 2.24) is 30.0 Å². The molecule has 2 N–H and O–H groups in total. The number of unbranched alkanes of at least 4 members (excludes halogenated alkanes) is 8. The smallest absolute Gasteiger partial charge is 0.462 e. The largest absolute Gasteiger partial charge is 0.469 e. The van der Waals surface area contributed by atoms with Crippen LogP contribution in [-0.2, 0) is 54.1 Å². The Morgan fingerprint density at radius 3 is 1.71 bits per heavy atom. The topological polar surface area (TPSA) is 181 Å². The van der Waals surface area contributed by atoms with Crippen LogP contribution in [0.1, 0.15) is 101 Å².